The number of hydrogen-bond donors (Lipinski definition) is 0. The number of hydrogen-bond acceptors (Lipinski definition) is 5. The average molecular weight is 293 g/mol. The van der Waals surface area contributed by atoms with Crippen LogP contribution in [-0.2, 0) is 0 Å². The molecule has 0 aromatic rings. The van der Waals surface area contributed by atoms with E-state index in [1.165, 1.54) is 4.24 Å². The van der Waals surface area contributed by atoms with E-state index in [1.807, 2.05) is 35.1 Å². The van der Waals surface area contributed by atoms with Gasteiger partial charge in [-0.15, -0.1) is 0 Å². The summed E-state index contributed by atoms with van der Waals surface area (Å²) in [6.07, 6.45) is 9.31. The molecule has 0 aromatic carbocycles. The molecule has 20 heavy (non-hydrogen) atoms. The molecular formula is C15H7N3S2. The molecule has 0 aromatic heterocycles. The van der Waals surface area contributed by atoms with E-state index in [1.54, 1.807) is 41.7 Å². The summed E-state index contributed by atoms with van der Waals surface area (Å²) < 4.78 is 1.19. The first-order valence-corrected chi connectivity index (χ1v) is 7.29. The third-order valence-corrected chi connectivity index (χ3v) is 4.43. The van der Waals surface area contributed by atoms with Crippen molar-refractivity contribution in [3.63, 3.8) is 0 Å². The van der Waals surface area contributed by atoms with Gasteiger partial charge in [0.1, 0.15) is 23.8 Å². The van der Waals surface area contributed by atoms with E-state index >= 15 is 0 Å². The zero-order valence-electron chi connectivity index (χ0n) is 10.2. The molecule has 0 amide bonds. The Morgan fingerprint density at radius 3 is 2.30 bits per heavy atom. The molecule has 0 fully saturated rings. The van der Waals surface area contributed by atoms with Gasteiger partial charge in [-0.1, -0.05) is 35.7 Å². The van der Waals surface area contributed by atoms with E-state index in [9.17, 15) is 0 Å². The summed E-state index contributed by atoms with van der Waals surface area (Å²) >= 11 is 3.33. The van der Waals surface area contributed by atoms with Crippen molar-refractivity contribution in [1.82, 2.24) is 0 Å². The molecule has 0 N–H and O–H groups in total. The van der Waals surface area contributed by atoms with Crippen molar-refractivity contribution in [2.45, 2.75) is 0 Å². The van der Waals surface area contributed by atoms with Gasteiger partial charge in [0.05, 0.1) is 5.57 Å². The lowest BCUT2D eigenvalue weighted by atomic mass is 10.1. The molecule has 1 heterocycles. The van der Waals surface area contributed by atoms with Crippen LogP contribution in [0, 0.1) is 34.0 Å². The molecule has 0 radical (unpaired) electrons. The second kappa shape index (κ2) is 6.68. The third-order valence-electron chi connectivity index (χ3n) is 2.43. The van der Waals surface area contributed by atoms with E-state index in [0.717, 1.165) is 11.1 Å². The van der Waals surface area contributed by atoms with Gasteiger partial charge in [0.25, 0.3) is 0 Å². The lowest BCUT2D eigenvalue weighted by molar-refractivity contribution is 1.42. The van der Waals surface area contributed by atoms with E-state index in [-0.39, 0.29) is 11.1 Å². The number of nitriles is 3. The van der Waals surface area contributed by atoms with Gasteiger partial charge >= 0.3 is 0 Å². The minimum absolute atomic E-state index is 0.0890. The molecule has 2 aliphatic rings. The van der Waals surface area contributed by atoms with Crippen molar-refractivity contribution in [1.29, 1.82) is 15.8 Å². The van der Waals surface area contributed by atoms with Gasteiger partial charge in [-0.25, -0.2) is 0 Å². The molecule has 1 aliphatic heterocycles. The Hall–Kier alpha value is -2.39. The summed E-state index contributed by atoms with van der Waals surface area (Å²) in [6.45, 7) is 0. The molecule has 0 atom stereocenters. The minimum atomic E-state index is -0.167. The van der Waals surface area contributed by atoms with Gasteiger partial charge in [-0.2, -0.15) is 15.8 Å². The zero-order chi connectivity index (χ0) is 14.4. The normalized spacial score (nSPS) is 17.4. The molecular weight excluding hydrogens is 286 g/mol. The SMILES string of the molecule is N#CC(C#N)=C(C#N)/C=C1/C=CC(C=C2SC=CS2)=C1. The standard InChI is InChI=1S/C15H7N3S2/c16-8-13(14(9-17)10-18)6-11-1-2-12(5-11)7-15-19-3-4-20-15/h1-7H/b11-6-. The monoisotopic (exact) mass is 293 g/mol. The van der Waals surface area contributed by atoms with Gasteiger partial charge in [-0.3, -0.25) is 0 Å². The maximum absolute atomic E-state index is 8.99. The van der Waals surface area contributed by atoms with Gasteiger partial charge < -0.3 is 0 Å². The van der Waals surface area contributed by atoms with Crippen LogP contribution in [0.1, 0.15) is 0 Å². The van der Waals surface area contributed by atoms with E-state index in [0.29, 0.717) is 0 Å². The zero-order valence-corrected chi connectivity index (χ0v) is 11.8. The van der Waals surface area contributed by atoms with Crippen LogP contribution >= 0.6 is 23.5 Å². The van der Waals surface area contributed by atoms with E-state index in [4.69, 9.17) is 15.8 Å². The molecule has 1 aliphatic carbocycles. The van der Waals surface area contributed by atoms with Crippen LogP contribution in [0.5, 0.6) is 0 Å². The maximum atomic E-state index is 8.99. The van der Waals surface area contributed by atoms with Crippen LogP contribution in [0.25, 0.3) is 0 Å². The number of rotatable bonds is 2. The van der Waals surface area contributed by atoms with E-state index in [2.05, 4.69) is 6.08 Å². The molecule has 0 saturated carbocycles. The van der Waals surface area contributed by atoms with Gasteiger partial charge in [0.2, 0.25) is 0 Å². The molecule has 0 spiro atoms. The van der Waals surface area contributed by atoms with Crippen LogP contribution < -0.4 is 0 Å². The Morgan fingerprint density at radius 2 is 1.70 bits per heavy atom. The number of nitrogens with zero attached hydrogens (tertiary/aromatic N) is 3. The quantitative estimate of drug-likeness (QED) is 0.718. The van der Waals surface area contributed by atoms with E-state index < -0.39 is 0 Å². The summed E-state index contributed by atoms with van der Waals surface area (Å²) in [5.41, 5.74) is 1.76. The number of allylic oxidation sites excluding steroid dienone is 9. The summed E-state index contributed by atoms with van der Waals surface area (Å²) in [5, 5.41) is 30.6. The van der Waals surface area contributed by atoms with Crippen molar-refractivity contribution in [2.75, 3.05) is 0 Å². The summed E-state index contributed by atoms with van der Waals surface area (Å²) in [7, 11) is 0. The molecule has 0 unspecified atom stereocenters. The highest BCUT2D eigenvalue weighted by Crippen LogP contribution is 2.38. The summed E-state index contributed by atoms with van der Waals surface area (Å²) in [4.78, 5) is 0. The predicted molar refractivity (Wildman–Crippen MR) is 81.6 cm³/mol. The van der Waals surface area contributed by atoms with Gasteiger partial charge in [0, 0.05) is 4.24 Å². The van der Waals surface area contributed by atoms with Crippen LogP contribution in [0.3, 0.4) is 0 Å². The Morgan fingerprint density at radius 1 is 1.00 bits per heavy atom. The smallest absolute Gasteiger partial charge is 0.147 e. The number of thioether (sulfide) groups is 2. The predicted octanol–water partition coefficient (Wildman–Crippen LogP) is 4.07. The highest BCUT2D eigenvalue weighted by molar-refractivity contribution is 8.27. The average Bonchev–Trinajstić information content (AvgIpc) is 3.11. The topological polar surface area (TPSA) is 71.4 Å². The first kappa shape index (κ1) is 14.0. The Kier molecular flexibility index (Phi) is 4.69. The van der Waals surface area contributed by atoms with Crippen LogP contribution in [0.2, 0.25) is 0 Å². The Bertz CT molecular complexity index is 715. The largest absolute Gasteiger partial charge is 0.192 e. The second-order valence-electron chi connectivity index (χ2n) is 3.72. The van der Waals surface area contributed by atoms with Crippen molar-refractivity contribution < 1.29 is 0 Å². The van der Waals surface area contributed by atoms with Crippen molar-refractivity contribution >= 4 is 23.5 Å². The third kappa shape index (κ3) is 3.33. The summed E-state index contributed by atoms with van der Waals surface area (Å²) in [5.74, 6) is 0. The Labute approximate surface area is 125 Å². The fraction of sp³-hybridized carbons (Fsp3) is 0. The molecule has 0 saturated heterocycles. The second-order valence-corrected chi connectivity index (χ2v) is 5.87. The maximum Gasteiger partial charge on any atom is 0.147 e. The highest BCUT2D eigenvalue weighted by Gasteiger charge is 2.08. The lowest BCUT2D eigenvalue weighted by Gasteiger charge is -1.93. The van der Waals surface area contributed by atoms with Crippen LogP contribution in [0.4, 0.5) is 0 Å². The minimum Gasteiger partial charge on any atom is -0.192 e. The fourth-order valence-electron chi connectivity index (χ4n) is 1.55. The van der Waals surface area contributed by atoms with Gasteiger partial charge in [-0.05, 0) is 40.2 Å². The van der Waals surface area contributed by atoms with Crippen LogP contribution in [0.15, 0.2) is 67.7 Å². The molecule has 94 valence electrons. The van der Waals surface area contributed by atoms with Crippen molar-refractivity contribution in [3.8, 4) is 18.2 Å². The highest BCUT2D eigenvalue weighted by atomic mass is 32.2. The molecule has 5 heteroatoms. The lowest BCUT2D eigenvalue weighted by Crippen LogP contribution is -1.82. The summed E-state index contributed by atoms with van der Waals surface area (Å²) in [6, 6.07) is 5.33. The molecule has 0 bridgehead atoms. The first-order chi connectivity index (χ1) is 9.76. The van der Waals surface area contributed by atoms with Gasteiger partial charge in [0.15, 0.2) is 0 Å². The molecule has 2 rings (SSSR count). The Balaban J connectivity index is 2.25. The van der Waals surface area contributed by atoms with Crippen LogP contribution in [-0.4, -0.2) is 0 Å². The van der Waals surface area contributed by atoms with Crippen molar-refractivity contribution in [2.24, 2.45) is 0 Å². The molecule has 3 nitrogen and oxygen atoms in total. The first-order valence-electron chi connectivity index (χ1n) is 5.53. The fourth-order valence-corrected chi connectivity index (χ4v) is 3.23. The van der Waals surface area contributed by atoms with Crippen molar-refractivity contribution in [3.05, 3.63) is 67.7 Å².